The van der Waals surface area contributed by atoms with Crippen LogP contribution in [-0.4, -0.2) is 40.5 Å². The van der Waals surface area contributed by atoms with Crippen molar-refractivity contribution in [2.75, 3.05) is 20.1 Å². The molecule has 2 heterocycles. The Balaban J connectivity index is 1.70. The maximum Gasteiger partial charge on any atom is 0.265 e. The first-order valence-electron chi connectivity index (χ1n) is 9.86. The zero-order chi connectivity index (χ0) is 21.0. The van der Waals surface area contributed by atoms with E-state index in [1.54, 1.807) is 6.92 Å². The van der Waals surface area contributed by atoms with Crippen molar-refractivity contribution in [3.63, 3.8) is 0 Å². The minimum absolute atomic E-state index is 0.207. The monoisotopic (exact) mass is 396 g/mol. The number of nitrogens with one attached hydrogen (secondary N) is 1. The molecule has 1 amide bonds. The number of carbonyl (C=O) groups is 1. The first kappa shape index (κ1) is 20.8. The van der Waals surface area contributed by atoms with Gasteiger partial charge in [0.05, 0.1) is 5.56 Å². The van der Waals surface area contributed by atoms with Crippen LogP contribution in [-0.2, 0) is 13.1 Å². The summed E-state index contributed by atoms with van der Waals surface area (Å²) in [6, 6.07) is 10.2. The van der Waals surface area contributed by atoms with Crippen LogP contribution in [0.5, 0.6) is 0 Å². The number of hydrogen-bond donors (Lipinski definition) is 1. The summed E-state index contributed by atoms with van der Waals surface area (Å²) in [5.74, 6) is 0.384. The maximum atomic E-state index is 12.9. The molecule has 0 unspecified atom stereocenters. The Morgan fingerprint density at radius 3 is 2.69 bits per heavy atom. The van der Waals surface area contributed by atoms with Gasteiger partial charge in [0.1, 0.15) is 17.5 Å². The van der Waals surface area contributed by atoms with Gasteiger partial charge in [-0.15, -0.1) is 0 Å². The summed E-state index contributed by atoms with van der Waals surface area (Å²) in [5.41, 5.74) is 1.46. The lowest BCUT2D eigenvalue weighted by molar-refractivity contribution is 0.0949. The topological polar surface area (TPSA) is 80.4 Å². The predicted octanol–water partition coefficient (Wildman–Crippen LogP) is 2.82. The van der Waals surface area contributed by atoms with Crippen LogP contribution >= 0.6 is 0 Å². The van der Waals surface area contributed by atoms with Crippen LogP contribution in [0.4, 0.5) is 0 Å². The molecule has 7 heteroatoms. The van der Waals surface area contributed by atoms with Crippen molar-refractivity contribution in [2.24, 2.45) is 5.92 Å². The molecule has 0 saturated heterocycles. The number of aryl methyl sites for hydroxylation is 1. The van der Waals surface area contributed by atoms with Crippen molar-refractivity contribution in [2.45, 2.75) is 33.9 Å². The molecule has 2 aromatic heterocycles. The summed E-state index contributed by atoms with van der Waals surface area (Å²) in [7, 11) is 2.01. The van der Waals surface area contributed by atoms with E-state index in [9.17, 15) is 9.59 Å². The third-order valence-electron chi connectivity index (χ3n) is 4.72. The number of likely N-dealkylation sites (N-methyl/N-ethyl adjacent to an activating group) is 1. The molecule has 1 aromatic carbocycles. The number of amides is 1. The molecule has 0 bridgehead atoms. The molecule has 0 aliphatic rings. The molecule has 1 N–H and O–H groups in total. The van der Waals surface area contributed by atoms with Crippen molar-refractivity contribution in [1.82, 2.24) is 19.8 Å². The Morgan fingerprint density at radius 2 is 2.00 bits per heavy atom. The molecule has 29 heavy (non-hydrogen) atoms. The largest absolute Gasteiger partial charge is 0.442 e. The Labute approximate surface area is 170 Å². The molecular formula is C22H28N4O3. The maximum absolute atomic E-state index is 12.9. The fourth-order valence-electron chi connectivity index (χ4n) is 3.36. The van der Waals surface area contributed by atoms with E-state index in [1.165, 1.54) is 16.5 Å². The standard InChI is InChI=1S/C22H28N4O3/c1-15(2)12-26-14-24-21-19(22(26)28)18(16(3)29-21)20(27)23-10-11-25(4)13-17-8-6-5-7-9-17/h5-9,14-15H,10-13H2,1-4H3,(H,23,27). The van der Waals surface area contributed by atoms with Crippen molar-refractivity contribution in [1.29, 1.82) is 0 Å². The molecule has 3 aromatic rings. The normalized spacial score (nSPS) is 11.5. The zero-order valence-electron chi connectivity index (χ0n) is 17.4. The van der Waals surface area contributed by atoms with Crippen LogP contribution in [0.3, 0.4) is 0 Å². The van der Waals surface area contributed by atoms with Gasteiger partial charge in [0, 0.05) is 26.2 Å². The molecule has 0 aliphatic carbocycles. The van der Waals surface area contributed by atoms with Gasteiger partial charge in [0.25, 0.3) is 11.5 Å². The van der Waals surface area contributed by atoms with Crippen LogP contribution in [0.1, 0.15) is 35.5 Å². The molecule has 0 saturated carbocycles. The fraction of sp³-hybridized carbons (Fsp3) is 0.409. The Morgan fingerprint density at radius 1 is 1.28 bits per heavy atom. The summed E-state index contributed by atoms with van der Waals surface area (Å²) in [6.45, 7) is 8.23. The molecule has 0 aliphatic heterocycles. The molecular weight excluding hydrogens is 368 g/mol. The third kappa shape index (κ3) is 4.92. The first-order valence-corrected chi connectivity index (χ1v) is 9.86. The van der Waals surface area contributed by atoms with Crippen molar-refractivity contribution >= 4 is 17.0 Å². The molecule has 0 fully saturated rings. The minimum Gasteiger partial charge on any atom is -0.442 e. The van der Waals surface area contributed by atoms with Crippen molar-refractivity contribution < 1.29 is 9.21 Å². The summed E-state index contributed by atoms with van der Waals surface area (Å²) in [6.07, 6.45) is 1.48. The summed E-state index contributed by atoms with van der Waals surface area (Å²) < 4.78 is 7.11. The van der Waals surface area contributed by atoms with E-state index in [0.29, 0.717) is 25.4 Å². The lowest BCUT2D eigenvalue weighted by Gasteiger charge is -2.17. The molecule has 3 rings (SSSR count). The van der Waals surface area contributed by atoms with Gasteiger partial charge in [-0.3, -0.25) is 14.2 Å². The van der Waals surface area contributed by atoms with Crippen LogP contribution in [0, 0.1) is 12.8 Å². The highest BCUT2D eigenvalue weighted by Gasteiger charge is 2.22. The van der Waals surface area contributed by atoms with E-state index in [-0.39, 0.29) is 34.0 Å². The van der Waals surface area contributed by atoms with Crippen molar-refractivity contribution in [3.8, 4) is 0 Å². The molecule has 0 spiro atoms. The van der Waals surface area contributed by atoms with E-state index >= 15 is 0 Å². The second-order valence-electron chi connectivity index (χ2n) is 7.79. The minimum atomic E-state index is -0.310. The number of nitrogens with zero attached hydrogens (tertiary/aromatic N) is 3. The second kappa shape index (κ2) is 9.05. The summed E-state index contributed by atoms with van der Waals surface area (Å²) in [5, 5.41) is 3.16. The predicted molar refractivity (Wildman–Crippen MR) is 113 cm³/mol. The summed E-state index contributed by atoms with van der Waals surface area (Å²) >= 11 is 0. The van der Waals surface area contributed by atoms with E-state index in [1.807, 2.05) is 39.1 Å². The molecule has 0 atom stereocenters. The highest BCUT2D eigenvalue weighted by atomic mass is 16.3. The molecule has 0 radical (unpaired) electrons. The Hall–Kier alpha value is -2.93. The van der Waals surface area contributed by atoms with Gasteiger partial charge < -0.3 is 14.6 Å². The quantitative estimate of drug-likeness (QED) is 0.633. The lowest BCUT2D eigenvalue weighted by Crippen LogP contribution is -2.33. The average molecular weight is 396 g/mol. The lowest BCUT2D eigenvalue weighted by atomic mass is 10.1. The van der Waals surface area contributed by atoms with E-state index in [0.717, 1.165) is 6.54 Å². The zero-order valence-corrected chi connectivity index (χ0v) is 17.4. The van der Waals surface area contributed by atoms with Gasteiger partial charge in [-0.1, -0.05) is 44.2 Å². The van der Waals surface area contributed by atoms with Crippen LogP contribution in [0.2, 0.25) is 0 Å². The number of aromatic nitrogens is 2. The number of fused-ring (bicyclic) bond motifs is 1. The number of furan rings is 1. The SMILES string of the molecule is Cc1oc2ncn(CC(C)C)c(=O)c2c1C(=O)NCCN(C)Cc1ccccc1. The highest BCUT2D eigenvalue weighted by Crippen LogP contribution is 2.20. The van der Waals surface area contributed by atoms with Gasteiger partial charge in [-0.25, -0.2) is 4.98 Å². The highest BCUT2D eigenvalue weighted by molar-refractivity contribution is 6.06. The van der Waals surface area contributed by atoms with E-state index < -0.39 is 0 Å². The fourth-order valence-corrected chi connectivity index (χ4v) is 3.36. The number of hydrogen-bond acceptors (Lipinski definition) is 5. The van der Waals surface area contributed by atoms with Gasteiger partial charge in [-0.05, 0) is 25.5 Å². The van der Waals surface area contributed by atoms with Crippen LogP contribution < -0.4 is 10.9 Å². The Bertz CT molecular complexity index is 1040. The van der Waals surface area contributed by atoms with Gasteiger partial charge >= 0.3 is 0 Å². The average Bonchev–Trinajstić information content (AvgIpc) is 3.01. The first-order chi connectivity index (χ1) is 13.9. The number of benzene rings is 1. The third-order valence-corrected chi connectivity index (χ3v) is 4.72. The van der Waals surface area contributed by atoms with Crippen LogP contribution in [0.15, 0.2) is 45.9 Å². The van der Waals surface area contributed by atoms with Gasteiger partial charge in [0.15, 0.2) is 0 Å². The smallest absolute Gasteiger partial charge is 0.265 e. The van der Waals surface area contributed by atoms with Crippen LogP contribution in [0.25, 0.3) is 11.1 Å². The Kier molecular flexibility index (Phi) is 6.49. The van der Waals surface area contributed by atoms with Gasteiger partial charge in [0.2, 0.25) is 5.71 Å². The van der Waals surface area contributed by atoms with E-state index in [2.05, 4.69) is 27.3 Å². The van der Waals surface area contributed by atoms with E-state index in [4.69, 9.17) is 4.42 Å². The summed E-state index contributed by atoms with van der Waals surface area (Å²) in [4.78, 5) is 32.0. The second-order valence-corrected chi connectivity index (χ2v) is 7.79. The molecule has 154 valence electrons. The number of rotatable bonds is 8. The van der Waals surface area contributed by atoms with Crippen molar-refractivity contribution in [3.05, 3.63) is 63.9 Å². The molecule has 7 nitrogen and oxygen atoms in total. The van der Waals surface area contributed by atoms with Gasteiger partial charge in [-0.2, -0.15) is 0 Å². The number of carbonyl (C=O) groups excluding carboxylic acids is 1.